The Morgan fingerprint density at radius 2 is 2.20 bits per heavy atom. The Bertz CT molecular complexity index is 450. The number of aryl methyl sites for hydroxylation is 1. The molecule has 1 aliphatic carbocycles. The lowest BCUT2D eigenvalue weighted by atomic mass is 9.69. The van der Waals surface area contributed by atoms with Crippen LogP contribution in [0.25, 0.3) is 0 Å². The van der Waals surface area contributed by atoms with Crippen LogP contribution in [0.5, 0.6) is 0 Å². The minimum Gasteiger partial charge on any atom is -0.480 e. The summed E-state index contributed by atoms with van der Waals surface area (Å²) in [6, 6.07) is -0.354. The van der Waals surface area contributed by atoms with Crippen molar-refractivity contribution in [3.63, 3.8) is 0 Å². The van der Waals surface area contributed by atoms with E-state index in [2.05, 4.69) is 25.9 Å². The average Bonchev–Trinajstić information content (AvgIpc) is 2.97. The van der Waals surface area contributed by atoms with Gasteiger partial charge in [0.25, 0.3) is 0 Å². The van der Waals surface area contributed by atoms with Crippen LogP contribution in [0.1, 0.15) is 37.9 Å². The molecular weight excluding hydrogens is 258 g/mol. The van der Waals surface area contributed by atoms with Gasteiger partial charge in [-0.05, 0) is 50.0 Å². The monoisotopic (exact) mass is 279 g/mol. The lowest BCUT2D eigenvalue weighted by molar-refractivity contribution is -0.141. The summed E-state index contributed by atoms with van der Waals surface area (Å²) in [4.78, 5) is 11.1. The first-order valence-electron chi connectivity index (χ1n) is 7.41. The molecule has 1 aliphatic heterocycles. The van der Waals surface area contributed by atoms with Crippen LogP contribution in [-0.4, -0.2) is 44.3 Å². The van der Waals surface area contributed by atoms with Crippen molar-refractivity contribution >= 4 is 5.97 Å². The highest BCUT2D eigenvalue weighted by Crippen LogP contribution is 2.40. The number of nitrogens with zero attached hydrogens (tertiary/aromatic N) is 3. The first-order valence-corrected chi connectivity index (χ1v) is 7.41. The Morgan fingerprint density at radius 1 is 1.30 bits per heavy atom. The second-order valence-electron chi connectivity index (χ2n) is 6.10. The lowest BCUT2D eigenvalue weighted by Gasteiger charge is -2.41. The summed E-state index contributed by atoms with van der Waals surface area (Å²) in [5, 5.41) is 26.3. The van der Waals surface area contributed by atoms with Crippen LogP contribution in [0.4, 0.5) is 0 Å². The highest BCUT2D eigenvalue weighted by Gasteiger charge is 2.37. The van der Waals surface area contributed by atoms with Crippen molar-refractivity contribution in [3.8, 4) is 0 Å². The van der Waals surface area contributed by atoms with Gasteiger partial charge in [0.2, 0.25) is 0 Å². The maximum Gasteiger partial charge on any atom is 0.320 e. The summed E-state index contributed by atoms with van der Waals surface area (Å²) >= 11 is 0. The molecule has 2 heterocycles. The van der Waals surface area contributed by atoms with Gasteiger partial charge in [-0.15, -0.1) is 10.2 Å². The number of aromatic nitrogens is 4. The molecule has 1 saturated carbocycles. The highest BCUT2D eigenvalue weighted by molar-refractivity contribution is 5.73. The van der Waals surface area contributed by atoms with Gasteiger partial charge in [0, 0.05) is 6.42 Å². The standard InChI is InChI=1S/C13H21N5O2/c19-13(20)11-6-10-5-8(1-3-9(10)7-14-11)2-4-12-15-17-18-16-12/h8-11,14H,1-7H2,(H,19,20)(H,15,16,17,18)/t8?,9-,10+,11-/m1/s1. The van der Waals surface area contributed by atoms with Gasteiger partial charge in [0.15, 0.2) is 5.82 Å². The van der Waals surface area contributed by atoms with E-state index in [0.29, 0.717) is 17.8 Å². The zero-order valence-electron chi connectivity index (χ0n) is 11.5. The molecule has 20 heavy (non-hydrogen) atoms. The minimum absolute atomic E-state index is 0.354. The second kappa shape index (κ2) is 5.87. The van der Waals surface area contributed by atoms with Crippen molar-refractivity contribution in [1.29, 1.82) is 0 Å². The normalized spacial score (nSPS) is 33.6. The Morgan fingerprint density at radius 3 is 2.95 bits per heavy atom. The van der Waals surface area contributed by atoms with Crippen molar-refractivity contribution in [1.82, 2.24) is 25.9 Å². The molecule has 110 valence electrons. The number of rotatable bonds is 4. The molecule has 7 nitrogen and oxygen atoms in total. The first-order chi connectivity index (χ1) is 9.72. The lowest BCUT2D eigenvalue weighted by Crippen LogP contribution is -2.49. The average molecular weight is 279 g/mol. The van der Waals surface area contributed by atoms with Crippen molar-refractivity contribution in [2.24, 2.45) is 17.8 Å². The molecule has 1 aromatic rings. The third-order valence-electron chi connectivity index (χ3n) is 4.88. The maximum atomic E-state index is 11.1. The molecule has 3 N–H and O–H groups in total. The molecule has 0 amide bonds. The van der Waals surface area contributed by atoms with E-state index in [-0.39, 0.29) is 6.04 Å². The Kier molecular flexibility index (Phi) is 3.95. The van der Waals surface area contributed by atoms with Gasteiger partial charge >= 0.3 is 5.97 Å². The fourth-order valence-electron chi connectivity index (χ4n) is 3.73. The molecule has 1 unspecified atom stereocenters. The third-order valence-corrected chi connectivity index (χ3v) is 4.88. The molecule has 4 atom stereocenters. The maximum absolute atomic E-state index is 11.1. The molecule has 0 spiro atoms. The number of carboxylic acids is 1. The summed E-state index contributed by atoms with van der Waals surface area (Å²) < 4.78 is 0. The molecule has 7 heteroatoms. The molecule has 0 radical (unpaired) electrons. The number of hydrogen-bond acceptors (Lipinski definition) is 5. The van der Waals surface area contributed by atoms with E-state index in [4.69, 9.17) is 5.11 Å². The van der Waals surface area contributed by atoms with Gasteiger partial charge in [-0.2, -0.15) is 5.21 Å². The summed E-state index contributed by atoms with van der Waals surface area (Å²) in [6.45, 7) is 0.860. The van der Waals surface area contributed by atoms with E-state index < -0.39 is 5.97 Å². The molecule has 2 fully saturated rings. The largest absolute Gasteiger partial charge is 0.480 e. The number of tetrazole rings is 1. The van der Waals surface area contributed by atoms with Crippen LogP contribution in [-0.2, 0) is 11.2 Å². The van der Waals surface area contributed by atoms with Crippen molar-refractivity contribution in [3.05, 3.63) is 5.82 Å². The molecule has 0 aromatic carbocycles. The van der Waals surface area contributed by atoms with E-state index in [1.54, 1.807) is 0 Å². The van der Waals surface area contributed by atoms with Crippen LogP contribution in [0, 0.1) is 17.8 Å². The van der Waals surface area contributed by atoms with Crippen molar-refractivity contribution < 1.29 is 9.90 Å². The van der Waals surface area contributed by atoms with E-state index >= 15 is 0 Å². The number of nitrogens with one attached hydrogen (secondary N) is 2. The number of carboxylic acid groups (broad SMARTS) is 1. The van der Waals surface area contributed by atoms with Gasteiger partial charge < -0.3 is 10.4 Å². The summed E-state index contributed by atoms with van der Waals surface area (Å²) in [7, 11) is 0. The predicted molar refractivity (Wildman–Crippen MR) is 70.9 cm³/mol. The van der Waals surface area contributed by atoms with Gasteiger partial charge in [-0.1, -0.05) is 11.6 Å². The zero-order valence-corrected chi connectivity index (χ0v) is 11.5. The van der Waals surface area contributed by atoms with E-state index in [0.717, 1.165) is 38.1 Å². The molecule has 0 bridgehead atoms. The Labute approximate surface area is 117 Å². The first kappa shape index (κ1) is 13.5. The van der Waals surface area contributed by atoms with Gasteiger partial charge in [0.05, 0.1) is 0 Å². The van der Waals surface area contributed by atoms with Gasteiger partial charge in [-0.25, -0.2) is 0 Å². The Balaban J connectivity index is 1.52. The molecule has 1 saturated heterocycles. The van der Waals surface area contributed by atoms with E-state index in [1.807, 2.05) is 0 Å². The topological polar surface area (TPSA) is 104 Å². The summed E-state index contributed by atoms with van der Waals surface area (Å²) in [5.41, 5.74) is 0. The zero-order chi connectivity index (χ0) is 13.9. The minimum atomic E-state index is -0.711. The van der Waals surface area contributed by atoms with Crippen molar-refractivity contribution in [2.45, 2.75) is 44.6 Å². The Hall–Kier alpha value is -1.50. The van der Waals surface area contributed by atoms with Crippen molar-refractivity contribution in [2.75, 3.05) is 6.54 Å². The van der Waals surface area contributed by atoms with Crippen LogP contribution in [0.2, 0.25) is 0 Å². The summed E-state index contributed by atoms with van der Waals surface area (Å²) in [5.74, 6) is 1.95. The van der Waals surface area contributed by atoms with Gasteiger partial charge in [-0.3, -0.25) is 4.79 Å². The fourth-order valence-corrected chi connectivity index (χ4v) is 3.73. The quantitative estimate of drug-likeness (QED) is 0.746. The number of hydrogen-bond donors (Lipinski definition) is 3. The van der Waals surface area contributed by atoms with Crippen LogP contribution >= 0.6 is 0 Å². The third kappa shape index (κ3) is 2.98. The van der Waals surface area contributed by atoms with Crippen LogP contribution in [0.3, 0.4) is 0 Å². The van der Waals surface area contributed by atoms with E-state index in [1.165, 1.54) is 12.8 Å². The van der Waals surface area contributed by atoms with Crippen LogP contribution in [0.15, 0.2) is 0 Å². The summed E-state index contributed by atoms with van der Waals surface area (Å²) in [6.07, 6.45) is 6.30. The second-order valence-corrected chi connectivity index (χ2v) is 6.10. The fraction of sp³-hybridized carbons (Fsp3) is 0.846. The number of fused-ring (bicyclic) bond motifs is 1. The molecule has 3 rings (SSSR count). The van der Waals surface area contributed by atoms with Gasteiger partial charge in [0.1, 0.15) is 6.04 Å². The molecule has 2 aliphatic rings. The SMILES string of the molecule is O=C(O)[C@H]1C[C@@H]2CC(CCc3nn[nH]n3)CC[C@@H]2CN1. The van der Waals surface area contributed by atoms with E-state index in [9.17, 15) is 4.79 Å². The number of H-pyrrole nitrogens is 1. The number of carbonyl (C=O) groups is 1. The predicted octanol–water partition coefficient (Wildman–Crippen LogP) is 0.611. The number of aromatic amines is 1. The number of piperidine rings is 1. The van der Waals surface area contributed by atoms with Crippen LogP contribution < -0.4 is 5.32 Å². The smallest absolute Gasteiger partial charge is 0.320 e. The highest BCUT2D eigenvalue weighted by atomic mass is 16.4. The molecule has 1 aromatic heterocycles. The molecular formula is C13H21N5O2. The number of aliphatic carboxylic acids is 1.